The Bertz CT molecular complexity index is 158. The molecule has 0 saturated carbocycles. The SMILES string of the molecule is CCC1(C)O[C@H](COC)[C@@H](COC)O1. The summed E-state index contributed by atoms with van der Waals surface area (Å²) in [6, 6.07) is 0. The van der Waals surface area contributed by atoms with Crippen LogP contribution in [0.2, 0.25) is 0 Å². The van der Waals surface area contributed by atoms with Gasteiger partial charge in [0, 0.05) is 14.2 Å². The van der Waals surface area contributed by atoms with E-state index in [1.807, 2.05) is 13.8 Å². The van der Waals surface area contributed by atoms with Gasteiger partial charge in [-0.1, -0.05) is 6.92 Å². The molecule has 14 heavy (non-hydrogen) atoms. The van der Waals surface area contributed by atoms with Crippen molar-refractivity contribution in [3.05, 3.63) is 0 Å². The highest BCUT2D eigenvalue weighted by molar-refractivity contribution is 4.82. The van der Waals surface area contributed by atoms with Crippen LogP contribution in [0.1, 0.15) is 20.3 Å². The zero-order valence-corrected chi connectivity index (χ0v) is 9.41. The van der Waals surface area contributed by atoms with Gasteiger partial charge in [0.25, 0.3) is 0 Å². The Morgan fingerprint density at radius 1 is 1.07 bits per heavy atom. The minimum atomic E-state index is -0.480. The van der Waals surface area contributed by atoms with Crippen molar-refractivity contribution in [3.8, 4) is 0 Å². The minimum Gasteiger partial charge on any atom is -0.382 e. The first-order valence-electron chi connectivity index (χ1n) is 4.98. The van der Waals surface area contributed by atoms with Crippen LogP contribution in [0.3, 0.4) is 0 Å². The van der Waals surface area contributed by atoms with Crippen LogP contribution in [0, 0.1) is 0 Å². The average Bonchev–Trinajstić information content (AvgIpc) is 2.46. The van der Waals surface area contributed by atoms with E-state index in [1.54, 1.807) is 14.2 Å². The third-order valence-electron chi connectivity index (χ3n) is 2.52. The Hall–Kier alpha value is -0.160. The van der Waals surface area contributed by atoms with Crippen molar-refractivity contribution in [2.75, 3.05) is 27.4 Å². The summed E-state index contributed by atoms with van der Waals surface area (Å²) in [7, 11) is 3.32. The van der Waals surface area contributed by atoms with Gasteiger partial charge in [-0.2, -0.15) is 0 Å². The van der Waals surface area contributed by atoms with Crippen LogP contribution in [0.5, 0.6) is 0 Å². The lowest BCUT2D eigenvalue weighted by Gasteiger charge is -2.20. The molecule has 0 bridgehead atoms. The molecule has 0 aromatic carbocycles. The molecule has 1 aliphatic rings. The number of hydrogen-bond acceptors (Lipinski definition) is 4. The molecule has 0 aromatic rings. The van der Waals surface area contributed by atoms with E-state index in [1.165, 1.54) is 0 Å². The molecule has 0 unspecified atom stereocenters. The minimum absolute atomic E-state index is 0.0232. The molecule has 4 nitrogen and oxygen atoms in total. The molecule has 0 amide bonds. The molecular weight excluding hydrogens is 184 g/mol. The van der Waals surface area contributed by atoms with Crippen LogP contribution in [0.4, 0.5) is 0 Å². The molecule has 0 N–H and O–H groups in total. The summed E-state index contributed by atoms with van der Waals surface area (Å²) in [6.45, 7) is 5.08. The van der Waals surface area contributed by atoms with Gasteiger partial charge < -0.3 is 18.9 Å². The van der Waals surface area contributed by atoms with Gasteiger partial charge in [0.15, 0.2) is 5.79 Å². The van der Waals surface area contributed by atoms with E-state index in [0.29, 0.717) is 13.2 Å². The van der Waals surface area contributed by atoms with E-state index in [4.69, 9.17) is 18.9 Å². The fraction of sp³-hybridized carbons (Fsp3) is 1.00. The summed E-state index contributed by atoms with van der Waals surface area (Å²) in [4.78, 5) is 0. The molecule has 4 heteroatoms. The Labute approximate surface area is 85.5 Å². The second kappa shape index (κ2) is 5.07. The van der Waals surface area contributed by atoms with Crippen LogP contribution >= 0.6 is 0 Å². The molecule has 1 heterocycles. The number of hydrogen-bond donors (Lipinski definition) is 0. The lowest BCUT2D eigenvalue weighted by atomic mass is 10.2. The Balaban J connectivity index is 2.55. The van der Waals surface area contributed by atoms with Gasteiger partial charge in [0.05, 0.1) is 13.2 Å². The third-order valence-corrected chi connectivity index (χ3v) is 2.52. The second-order valence-corrected chi connectivity index (χ2v) is 3.71. The summed E-state index contributed by atoms with van der Waals surface area (Å²) < 4.78 is 21.7. The van der Waals surface area contributed by atoms with Crippen LogP contribution in [0.25, 0.3) is 0 Å². The van der Waals surface area contributed by atoms with Crippen molar-refractivity contribution in [1.29, 1.82) is 0 Å². The quantitative estimate of drug-likeness (QED) is 0.674. The second-order valence-electron chi connectivity index (χ2n) is 3.71. The van der Waals surface area contributed by atoms with Crippen molar-refractivity contribution in [2.24, 2.45) is 0 Å². The van der Waals surface area contributed by atoms with Crippen molar-refractivity contribution in [3.63, 3.8) is 0 Å². The van der Waals surface area contributed by atoms with Gasteiger partial charge in [0.1, 0.15) is 12.2 Å². The smallest absolute Gasteiger partial charge is 0.166 e. The first-order chi connectivity index (χ1) is 6.65. The summed E-state index contributed by atoms with van der Waals surface area (Å²) in [6.07, 6.45) is 0.780. The number of ether oxygens (including phenoxy) is 4. The van der Waals surface area contributed by atoms with Crippen LogP contribution in [-0.2, 0) is 18.9 Å². The third kappa shape index (κ3) is 2.67. The summed E-state index contributed by atoms with van der Waals surface area (Å²) >= 11 is 0. The molecule has 84 valence electrons. The monoisotopic (exact) mass is 204 g/mol. The molecule has 2 atom stereocenters. The number of methoxy groups -OCH3 is 2. The van der Waals surface area contributed by atoms with Crippen molar-refractivity contribution in [1.82, 2.24) is 0 Å². The molecule has 1 rings (SSSR count). The van der Waals surface area contributed by atoms with Crippen molar-refractivity contribution < 1.29 is 18.9 Å². The van der Waals surface area contributed by atoms with Crippen LogP contribution in [-0.4, -0.2) is 45.4 Å². The zero-order valence-electron chi connectivity index (χ0n) is 9.41. The molecule has 0 radical (unpaired) electrons. The van der Waals surface area contributed by atoms with Gasteiger partial charge in [-0.3, -0.25) is 0 Å². The molecule has 0 spiro atoms. The predicted molar refractivity (Wildman–Crippen MR) is 52.2 cm³/mol. The number of rotatable bonds is 5. The Kier molecular flexibility index (Phi) is 4.31. The maximum Gasteiger partial charge on any atom is 0.166 e. The fourth-order valence-corrected chi connectivity index (χ4v) is 1.60. The van der Waals surface area contributed by atoms with Crippen molar-refractivity contribution >= 4 is 0 Å². The van der Waals surface area contributed by atoms with Gasteiger partial charge in [0.2, 0.25) is 0 Å². The molecule has 1 aliphatic heterocycles. The lowest BCUT2D eigenvalue weighted by molar-refractivity contribution is -0.168. The van der Waals surface area contributed by atoms with E-state index in [0.717, 1.165) is 6.42 Å². The van der Waals surface area contributed by atoms with E-state index in [-0.39, 0.29) is 12.2 Å². The van der Waals surface area contributed by atoms with Gasteiger partial charge in [-0.05, 0) is 13.3 Å². The summed E-state index contributed by atoms with van der Waals surface area (Å²) in [5.74, 6) is -0.480. The van der Waals surface area contributed by atoms with Gasteiger partial charge >= 0.3 is 0 Å². The van der Waals surface area contributed by atoms with Crippen LogP contribution < -0.4 is 0 Å². The standard InChI is InChI=1S/C10H20O4/c1-5-10(2)13-8(6-11-3)9(14-10)7-12-4/h8-9H,5-7H2,1-4H3/t8-,9-/m1/s1. The largest absolute Gasteiger partial charge is 0.382 e. The Morgan fingerprint density at radius 2 is 1.50 bits per heavy atom. The molecule has 0 aliphatic carbocycles. The average molecular weight is 204 g/mol. The topological polar surface area (TPSA) is 36.9 Å². The van der Waals surface area contributed by atoms with Gasteiger partial charge in [-0.15, -0.1) is 0 Å². The molecular formula is C10H20O4. The predicted octanol–water partition coefficient (Wildman–Crippen LogP) is 1.19. The zero-order chi connectivity index (χ0) is 10.6. The summed E-state index contributed by atoms with van der Waals surface area (Å²) in [5, 5.41) is 0. The van der Waals surface area contributed by atoms with Crippen molar-refractivity contribution in [2.45, 2.75) is 38.3 Å². The van der Waals surface area contributed by atoms with Crippen LogP contribution in [0.15, 0.2) is 0 Å². The van der Waals surface area contributed by atoms with E-state index < -0.39 is 5.79 Å². The van der Waals surface area contributed by atoms with E-state index >= 15 is 0 Å². The van der Waals surface area contributed by atoms with E-state index in [9.17, 15) is 0 Å². The molecule has 1 fully saturated rings. The Morgan fingerprint density at radius 3 is 1.79 bits per heavy atom. The highest BCUT2D eigenvalue weighted by Gasteiger charge is 2.43. The van der Waals surface area contributed by atoms with Gasteiger partial charge in [-0.25, -0.2) is 0 Å². The maximum absolute atomic E-state index is 5.78. The summed E-state index contributed by atoms with van der Waals surface area (Å²) in [5.41, 5.74) is 0. The highest BCUT2D eigenvalue weighted by Crippen LogP contribution is 2.31. The first-order valence-corrected chi connectivity index (χ1v) is 4.98. The lowest BCUT2D eigenvalue weighted by Crippen LogP contribution is -2.30. The first kappa shape index (κ1) is 11.9. The van der Waals surface area contributed by atoms with E-state index in [2.05, 4.69) is 0 Å². The highest BCUT2D eigenvalue weighted by atomic mass is 16.8. The molecule has 0 aromatic heterocycles. The fourth-order valence-electron chi connectivity index (χ4n) is 1.60. The normalized spacial score (nSPS) is 30.9. The maximum atomic E-state index is 5.78. The molecule has 1 saturated heterocycles.